The first-order valence-corrected chi connectivity index (χ1v) is 9.24. The molecule has 1 aliphatic rings. The highest BCUT2D eigenvalue weighted by molar-refractivity contribution is 6.00. The number of rotatable bonds is 5. The van der Waals surface area contributed by atoms with Crippen molar-refractivity contribution in [3.63, 3.8) is 0 Å². The SMILES string of the molecule is Cc1cc(C)cc(NC(=O)COC(=O)[C@H]2CC(=O)N(c3ccccc3C)C2)c1. The molecule has 0 aromatic heterocycles. The van der Waals surface area contributed by atoms with E-state index in [1.807, 2.05) is 63.2 Å². The molecule has 0 unspecified atom stereocenters. The second kappa shape index (κ2) is 8.25. The molecule has 0 aliphatic carbocycles. The van der Waals surface area contributed by atoms with Crippen LogP contribution in [0, 0.1) is 26.7 Å². The molecule has 1 N–H and O–H groups in total. The van der Waals surface area contributed by atoms with Gasteiger partial charge in [0.05, 0.1) is 5.92 Å². The molecule has 28 heavy (non-hydrogen) atoms. The topological polar surface area (TPSA) is 75.7 Å². The molecule has 146 valence electrons. The van der Waals surface area contributed by atoms with Crippen molar-refractivity contribution in [3.05, 3.63) is 59.2 Å². The second-order valence-electron chi connectivity index (χ2n) is 7.22. The van der Waals surface area contributed by atoms with E-state index < -0.39 is 17.8 Å². The Morgan fingerprint density at radius 3 is 2.46 bits per heavy atom. The summed E-state index contributed by atoms with van der Waals surface area (Å²) in [4.78, 5) is 38.4. The van der Waals surface area contributed by atoms with Crippen molar-refractivity contribution < 1.29 is 19.1 Å². The minimum atomic E-state index is -0.568. The molecule has 1 aliphatic heterocycles. The van der Waals surface area contributed by atoms with Gasteiger partial charge >= 0.3 is 5.97 Å². The van der Waals surface area contributed by atoms with Gasteiger partial charge in [0.25, 0.3) is 5.91 Å². The van der Waals surface area contributed by atoms with Gasteiger partial charge in [-0.2, -0.15) is 0 Å². The number of ether oxygens (including phenoxy) is 1. The van der Waals surface area contributed by atoms with Gasteiger partial charge in [-0.05, 0) is 55.7 Å². The van der Waals surface area contributed by atoms with Crippen LogP contribution in [0.4, 0.5) is 11.4 Å². The molecule has 2 aromatic carbocycles. The molecule has 1 atom stereocenters. The molecule has 1 fully saturated rings. The summed E-state index contributed by atoms with van der Waals surface area (Å²) in [5.41, 5.74) is 4.51. The maximum atomic E-state index is 12.3. The standard InChI is InChI=1S/C22H24N2O4/c1-14-8-15(2)10-18(9-14)23-20(25)13-28-22(27)17-11-21(26)24(12-17)19-7-5-4-6-16(19)3/h4-10,17H,11-13H2,1-3H3,(H,23,25)/t17-/m0/s1. The monoisotopic (exact) mass is 380 g/mol. The van der Waals surface area contributed by atoms with Crippen molar-refractivity contribution in [2.75, 3.05) is 23.4 Å². The van der Waals surface area contributed by atoms with E-state index in [-0.39, 0.29) is 25.5 Å². The summed E-state index contributed by atoms with van der Waals surface area (Å²) in [5.74, 6) is -1.62. The van der Waals surface area contributed by atoms with E-state index in [1.165, 1.54) is 0 Å². The first-order valence-electron chi connectivity index (χ1n) is 9.24. The fourth-order valence-electron chi connectivity index (χ4n) is 3.46. The Hall–Kier alpha value is -3.15. The maximum absolute atomic E-state index is 12.3. The number of aryl methyl sites for hydroxylation is 3. The highest BCUT2D eigenvalue weighted by Gasteiger charge is 2.36. The normalized spacial score (nSPS) is 16.2. The Morgan fingerprint density at radius 1 is 1.11 bits per heavy atom. The number of para-hydroxylation sites is 1. The number of carbonyl (C=O) groups is 3. The molecular formula is C22H24N2O4. The van der Waals surface area contributed by atoms with Crippen LogP contribution in [0.2, 0.25) is 0 Å². The van der Waals surface area contributed by atoms with Crippen molar-refractivity contribution in [1.29, 1.82) is 0 Å². The third-order valence-corrected chi connectivity index (χ3v) is 4.72. The summed E-state index contributed by atoms with van der Waals surface area (Å²) in [6.45, 7) is 5.70. The molecule has 6 heteroatoms. The average Bonchev–Trinajstić information content (AvgIpc) is 3.01. The number of hydrogen-bond donors (Lipinski definition) is 1. The fraction of sp³-hybridized carbons (Fsp3) is 0.318. The highest BCUT2D eigenvalue weighted by atomic mass is 16.5. The van der Waals surface area contributed by atoms with Crippen LogP contribution in [-0.4, -0.2) is 30.9 Å². The summed E-state index contributed by atoms with van der Waals surface area (Å²) in [7, 11) is 0. The van der Waals surface area contributed by atoms with Gasteiger partial charge in [0.15, 0.2) is 6.61 Å². The number of nitrogens with zero attached hydrogens (tertiary/aromatic N) is 1. The summed E-state index contributed by atoms with van der Waals surface area (Å²) in [6.07, 6.45) is 0.0891. The van der Waals surface area contributed by atoms with Gasteiger partial charge in [0.2, 0.25) is 5.91 Å². The lowest BCUT2D eigenvalue weighted by molar-refractivity contribution is -0.151. The number of esters is 1. The fourth-order valence-corrected chi connectivity index (χ4v) is 3.46. The Morgan fingerprint density at radius 2 is 1.79 bits per heavy atom. The van der Waals surface area contributed by atoms with Gasteiger partial charge in [0.1, 0.15) is 0 Å². The van der Waals surface area contributed by atoms with Gasteiger partial charge in [-0.25, -0.2) is 0 Å². The Kier molecular flexibility index (Phi) is 5.78. The van der Waals surface area contributed by atoms with Crippen LogP contribution in [0.5, 0.6) is 0 Å². The van der Waals surface area contributed by atoms with Gasteiger partial charge in [-0.3, -0.25) is 14.4 Å². The number of nitrogens with one attached hydrogen (secondary N) is 1. The zero-order chi connectivity index (χ0) is 20.3. The Balaban J connectivity index is 1.54. The molecule has 0 saturated carbocycles. The first kappa shape index (κ1) is 19.6. The number of hydrogen-bond acceptors (Lipinski definition) is 4. The van der Waals surface area contributed by atoms with Crippen LogP contribution in [0.3, 0.4) is 0 Å². The van der Waals surface area contributed by atoms with E-state index in [1.54, 1.807) is 4.90 Å². The lowest BCUT2D eigenvalue weighted by Gasteiger charge is -2.18. The lowest BCUT2D eigenvalue weighted by Crippen LogP contribution is -2.28. The summed E-state index contributed by atoms with van der Waals surface area (Å²) in [5, 5.41) is 2.73. The van der Waals surface area contributed by atoms with Crippen LogP contribution in [-0.2, 0) is 19.1 Å². The minimum Gasteiger partial charge on any atom is -0.455 e. The summed E-state index contributed by atoms with van der Waals surface area (Å²) < 4.78 is 5.15. The number of benzene rings is 2. The van der Waals surface area contributed by atoms with E-state index in [2.05, 4.69) is 5.32 Å². The number of amides is 2. The van der Waals surface area contributed by atoms with Crippen molar-refractivity contribution in [1.82, 2.24) is 0 Å². The summed E-state index contributed by atoms with van der Waals surface area (Å²) in [6, 6.07) is 13.2. The lowest BCUT2D eigenvalue weighted by atomic mass is 10.1. The minimum absolute atomic E-state index is 0.0891. The molecule has 0 radical (unpaired) electrons. The predicted octanol–water partition coefficient (Wildman–Crippen LogP) is 3.15. The van der Waals surface area contributed by atoms with E-state index >= 15 is 0 Å². The van der Waals surface area contributed by atoms with Crippen LogP contribution >= 0.6 is 0 Å². The summed E-state index contributed by atoms with van der Waals surface area (Å²) >= 11 is 0. The Bertz CT molecular complexity index is 902. The van der Waals surface area contributed by atoms with Gasteiger partial charge < -0.3 is 15.0 Å². The quantitative estimate of drug-likeness (QED) is 0.809. The van der Waals surface area contributed by atoms with E-state index in [4.69, 9.17) is 4.74 Å². The Labute approximate surface area is 164 Å². The third-order valence-electron chi connectivity index (χ3n) is 4.72. The molecule has 3 rings (SSSR count). The highest BCUT2D eigenvalue weighted by Crippen LogP contribution is 2.28. The van der Waals surface area contributed by atoms with Gasteiger partial charge in [-0.1, -0.05) is 24.3 Å². The average molecular weight is 380 g/mol. The smallest absolute Gasteiger partial charge is 0.311 e. The predicted molar refractivity (Wildman–Crippen MR) is 107 cm³/mol. The molecule has 1 saturated heterocycles. The largest absolute Gasteiger partial charge is 0.455 e. The number of carbonyl (C=O) groups excluding carboxylic acids is 3. The number of anilines is 2. The maximum Gasteiger partial charge on any atom is 0.311 e. The third kappa shape index (κ3) is 4.57. The van der Waals surface area contributed by atoms with E-state index in [0.717, 1.165) is 22.4 Å². The molecule has 0 bridgehead atoms. The van der Waals surface area contributed by atoms with Crippen molar-refractivity contribution in [3.8, 4) is 0 Å². The van der Waals surface area contributed by atoms with Gasteiger partial charge in [0, 0.05) is 24.3 Å². The molecule has 0 spiro atoms. The molecule has 6 nitrogen and oxygen atoms in total. The van der Waals surface area contributed by atoms with Crippen molar-refractivity contribution >= 4 is 29.2 Å². The van der Waals surface area contributed by atoms with Crippen LogP contribution < -0.4 is 10.2 Å². The molecular weight excluding hydrogens is 356 g/mol. The van der Waals surface area contributed by atoms with Crippen molar-refractivity contribution in [2.24, 2.45) is 5.92 Å². The van der Waals surface area contributed by atoms with Crippen LogP contribution in [0.15, 0.2) is 42.5 Å². The van der Waals surface area contributed by atoms with Crippen LogP contribution in [0.25, 0.3) is 0 Å². The van der Waals surface area contributed by atoms with E-state index in [9.17, 15) is 14.4 Å². The van der Waals surface area contributed by atoms with Crippen LogP contribution in [0.1, 0.15) is 23.1 Å². The molecule has 1 heterocycles. The first-order chi connectivity index (χ1) is 13.3. The zero-order valence-electron chi connectivity index (χ0n) is 16.3. The zero-order valence-corrected chi connectivity index (χ0v) is 16.3. The second-order valence-corrected chi connectivity index (χ2v) is 7.22. The molecule has 2 aromatic rings. The van der Waals surface area contributed by atoms with Crippen molar-refractivity contribution in [2.45, 2.75) is 27.2 Å². The van der Waals surface area contributed by atoms with Gasteiger partial charge in [-0.15, -0.1) is 0 Å². The molecule has 2 amide bonds. The van der Waals surface area contributed by atoms with E-state index in [0.29, 0.717) is 5.69 Å².